The Morgan fingerprint density at radius 3 is 2.76 bits per heavy atom. The number of para-hydroxylation sites is 1. The smallest absolute Gasteiger partial charge is 0.226 e. The van der Waals surface area contributed by atoms with Gasteiger partial charge in [0, 0.05) is 16.0 Å². The van der Waals surface area contributed by atoms with Gasteiger partial charge in [-0.05, 0) is 41.6 Å². The fourth-order valence-electron chi connectivity index (χ4n) is 4.29. The van der Waals surface area contributed by atoms with Gasteiger partial charge in [-0.2, -0.15) is 10.1 Å². The average molecular weight is 398 g/mol. The zero-order valence-electron chi connectivity index (χ0n) is 15.7. The highest BCUT2D eigenvalue weighted by Gasteiger charge is 2.41. The Kier molecular flexibility index (Phi) is 3.61. The number of nitrogens with one attached hydrogen (secondary N) is 1. The third kappa shape index (κ3) is 2.46. The monoisotopic (exact) mass is 398 g/mol. The van der Waals surface area contributed by atoms with E-state index in [2.05, 4.69) is 70.2 Å². The van der Waals surface area contributed by atoms with Crippen LogP contribution in [0.3, 0.4) is 0 Å². The largest absolute Gasteiger partial charge is 0.480 e. The third-order valence-electron chi connectivity index (χ3n) is 5.61. The maximum Gasteiger partial charge on any atom is 0.226 e. The number of thiophene rings is 1. The van der Waals surface area contributed by atoms with Crippen LogP contribution >= 0.6 is 11.3 Å². The van der Waals surface area contributed by atoms with E-state index in [1.54, 1.807) is 17.7 Å². The zero-order valence-corrected chi connectivity index (χ0v) is 16.6. The van der Waals surface area contributed by atoms with E-state index in [0.717, 1.165) is 23.0 Å². The van der Waals surface area contributed by atoms with Gasteiger partial charge >= 0.3 is 0 Å². The van der Waals surface area contributed by atoms with Crippen molar-refractivity contribution < 1.29 is 4.74 Å². The van der Waals surface area contributed by atoms with Gasteiger partial charge in [0.05, 0.1) is 5.70 Å². The van der Waals surface area contributed by atoms with E-state index in [9.17, 15) is 0 Å². The molecule has 6 heteroatoms. The van der Waals surface area contributed by atoms with E-state index in [1.165, 1.54) is 21.6 Å². The summed E-state index contributed by atoms with van der Waals surface area (Å²) in [5.41, 5.74) is 5.72. The first-order valence-corrected chi connectivity index (χ1v) is 10.4. The van der Waals surface area contributed by atoms with Crippen molar-refractivity contribution >= 4 is 23.0 Å². The Labute approximate surface area is 172 Å². The Morgan fingerprint density at radius 2 is 1.90 bits per heavy atom. The number of aryl methyl sites for hydroxylation is 1. The SMILES string of the molecule is Cc1ccccc1[C@H]1C2=C(Nc3ncnn31)c1ccccc1O[C@H]2c1cccs1. The molecule has 0 spiro atoms. The van der Waals surface area contributed by atoms with E-state index in [0.29, 0.717) is 0 Å². The second kappa shape index (κ2) is 6.32. The maximum atomic E-state index is 6.58. The highest BCUT2D eigenvalue weighted by atomic mass is 32.1. The summed E-state index contributed by atoms with van der Waals surface area (Å²) in [6.45, 7) is 2.14. The van der Waals surface area contributed by atoms with Crippen molar-refractivity contribution in [1.29, 1.82) is 0 Å². The fourth-order valence-corrected chi connectivity index (χ4v) is 5.06. The number of rotatable bonds is 2. The summed E-state index contributed by atoms with van der Waals surface area (Å²) in [7, 11) is 0. The molecule has 0 unspecified atom stereocenters. The molecule has 0 saturated carbocycles. The van der Waals surface area contributed by atoms with E-state index >= 15 is 0 Å². The van der Waals surface area contributed by atoms with Gasteiger partial charge in [0.15, 0.2) is 6.10 Å². The molecule has 29 heavy (non-hydrogen) atoms. The van der Waals surface area contributed by atoms with Crippen LogP contribution in [0.5, 0.6) is 5.75 Å². The van der Waals surface area contributed by atoms with Gasteiger partial charge in [-0.3, -0.25) is 0 Å². The molecule has 2 aliphatic heterocycles. The number of benzene rings is 2. The molecule has 4 heterocycles. The third-order valence-corrected chi connectivity index (χ3v) is 6.52. The van der Waals surface area contributed by atoms with Crippen molar-refractivity contribution in [3.05, 3.63) is 99.5 Å². The minimum absolute atomic E-state index is 0.0922. The van der Waals surface area contributed by atoms with Gasteiger partial charge in [-0.15, -0.1) is 11.3 Å². The molecule has 0 radical (unpaired) electrons. The molecular formula is C23H18N4OS. The van der Waals surface area contributed by atoms with E-state index in [1.807, 2.05) is 22.9 Å². The molecule has 2 aromatic heterocycles. The summed E-state index contributed by atoms with van der Waals surface area (Å²) < 4.78 is 8.55. The average Bonchev–Trinajstić information content (AvgIpc) is 3.44. The Bertz CT molecular complexity index is 1240. The molecule has 5 nitrogen and oxygen atoms in total. The van der Waals surface area contributed by atoms with Crippen LogP contribution in [0, 0.1) is 6.92 Å². The van der Waals surface area contributed by atoms with Gasteiger partial charge in [-0.25, -0.2) is 4.68 Å². The summed E-state index contributed by atoms with van der Waals surface area (Å²) in [5.74, 6) is 1.63. The minimum Gasteiger partial charge on any atom is -0.480 e. The molecule has 142 valence electrons. The molecule has 2 aromatic carbocycles. The van der Waals surface area contributed by atoms with E-state index in [-0.39, 0.29) is 12.1 Å². The summed E-state index contributed by atoms with van der Waals surface area (Å²) >= 11 is 1.71. The molecule has 0 aliphatic carbocycles. The molecule has 6 rings (SSSR count). The number of hydrogen-bond donors (Lipinski definition) is 1. The second-order valence-electron chi connectivity index (χ2n) is 7.25. The summed E-state index contributed by atoms with van der Waals surface area (Å²) in [4.78, 5) is 5.66. The molecule has 0 bridgehead atoms. The Hall–Kier alpha value is -3.38. The van der Waals surface area contributed by atoms with Crippen LogP contribution in [0.25, 0.3) is 5.70 Å². The number of aromatic nitrogens is 3. The lowest BCUT2D eigenvalue weighted by Crippen LogP contribution is -2.32. The first-order chi connectivity index (χ1) is 14.3. The van der Waals surface area contributed by atoms with Crippen molar-refractivity contribution in [1.82, 2.24) is 14.8 Å². The van der Waals surface area contributed by atoms with Crippen molar-refractivity contribution in [2.45, 2.75) is 19.1 Å². The molecule has 0 fully saturated rings. The first kappa shape index (κ1) is 16.6. The van der Waals surface area contributed by atoms with E-state index < -0.39 is 0 Å². The van der Waals surface area contributed by atoms with Crippen LogP contribution in [-0.4, -0.2) is 14.8 Å². The number of ether oxygens (including phenoxy) is 1. The first-order valence-electron chi connectivity index (χ1n) is 9.57. The summed E-state index contributed by atoms with van der Waals surface area (Å²) in [6.07, 6.45) is 1.42. The van der Waals surface area contributed by atoms with Gasteiger partial charge in [0.25, 0.3) is 0 Å². The molecule has 0 saturated heterocycles. The Morgan fingerprint density at radius 1 is 1.03 bits per heavy atom. The number of anilines is 1. The van der Waals surface area contributed by atoms with Gasteiger partial charge in [-0.1, -0.05) is 42.5 Å². The standard InChI is InChI=1S/C23H18N4OS/c1-14-7-2-3-8-15(14)21-19-20(26-23-24-13-25-27(21)23)16-9-4-5-10-17(16)28-22(19)18-11-6-12-29-18/h2-13,21-22H,1H3,(H,24,25,26)/t21-,22-/m0/s1. The summed E-state index contributed by atoms with van der Waals surface area (Å²) in [5, 5.41) is 10.2. The topological polar surface area (TPSA) is 52.0 Å². The zero-order chi connectivity index (χ0) is 19.4. The van der Waals surface area contributed by atoms with Crippen LogP contribution in [-0.2, 0) is 0 Å². The van der Waals surface area contributed by atoms with Crippen LogP contribution in [0.2, 0.25) is 0 Å². The predicted molar refractivity (Wildman–Crippen MR) is 114 cm³/mol. The van der Waals surface area contributed by atoms with Crippen LogP contribution in [0.1, 0.15) is 33.7 Å². The van der Waals surface area contributed by atoms with Crippen molar-refractivity contribution in [3.8, 4) is 5.75 Å². The molecule has 2 atom stereocenters. The maximum absolute atomic E-state index is 6.58. The molecular weight excluding hydrogens is 380 g/mol. The molecule has 2 aliphatic rings. The second-order valence-corrected chi connectivity index (χ2v) is 8.23. The molecule has 1 N–H and O–H groups in total. The van der Waals surface area contributed by atoms with E-state index in [4.69, 9.17) is 4.74 Å². The molecule has 4 aromatic rings. The van der Waals surface area contributed by atoms with Crippen molar-refractivity contribution in [3.63, 3.8) is 0 Å². The predicted octanol–water partition coefficient (Wildman–Crippen LogP) is 5.21. The fraction of sp³-hybridized carbons (Fsp3) is 0.130. The van der Waals surface area contributed by atoms with Gasteiger partial charge < -0.3 is 10.1 Å². The molecule has 0 amide bonds. The number of nitrogens with zero attached hydrogens (tertiary/aromatic N) is 3. The number of hydrogen-bond acceptors (Lipinski definition) is 5. The lowest BCUT2D eigenvalue weighted by molar-refractivity contribution is 0.226. The number of fused-ring (bicyclic) bond motifs is 3. The lowest BCUT2D eigenvalue weighted by Gasteiger charge is -2.38. The highest BCUT2D eigenvalue weighted by molar-refractivity contribution is 7.10. The minimum atomic E-state index is -0.186. The van der Waals surface area contributed by atoms with Crippen LogP contribution in [0.15, 0.2) is 77.9 Å². The van der Waals surface area contributed by atoms with Gasteiger partial charge in [0.2, 0.25) is 5.95 Å². The Balaban J connectivity index is 1.66. The van der Waals surface area contributed by atoms with Gasteiger partial charge in [0.1, 0.15) is 18.1 Å². The van der Waals surface area contributed by atoms with Crippen molar-refractivity contribution in [2.75, 3.05) is 5.32 Å². The quantitative estimate of drug-likeness (QED) is 0.504. The summed E-state index contributed by atoms with van der Waals surface area (Å²) in [6, 6.07) is 20.8. The lowest BCUT2D eigenvalue weighted by atomic mass is 9.85. The normalized spacial score (nSPS) is 19.6. The van der Waals surface area contributed by atoms with Crippen LogP contribution < -0.4 is 10.1 Å². The van der Waals surface area contributed by atoms with Crippen molar-refractivity contribution in [2.24, 2.45) is 0 Å². The highest BCUT2D eigenvalue weighted by Crippen LogP contribution is 2.51. The van der Waals surface area contributed by atoms with Crippen LogP contribution in [0.4, 0.5) is 5.95 Å².